The molecular weight excluding hydrogens is 533 g/mol. The molecule has 1 saturated carbocycles. The smallest absolute Gasteiger partial charge is 0.408 e. The Bertz CT molecular complexity index is 1220. The lowest BCUT2D eigenvalue weighted by molar-refractivity contribution is -0.142. The van der Waals surface area contributed by atoms with Gasteiger partial charge in [0.05, 0.1) is 6.04 Å². The van der Waals surface area contributed by atoms with Gasteiger partial charge < -0.3 is 30.7 Å². The third-order valence-electron chi connectivity index (χ3n) is 7.98. The van der Waals surface area contributed by atoms with Crippen molar-refractivity contribution in [3.05, 3.63) is 72.0 Å². The summed E-state index contributed by atoms with van der Waals surface area (Å²) in [4.78, 5) is 48.4. The Morgan fingerprint density at radius 1 is 1.12 bits per heavy atom. The monoisotopic (exact) mass is 571 g/mol. The van der Waals surface area contributed by atoms with E-state index in [1.54, 1.807) is 12.1 Å². The van der Waals surface area contributed by atoms with E-state index in [9.17, 15) is 28.9 Å². The van der Waals surface area contributed by atoms with Crippen LogP contribution in [-0.4, -0.2) is 51.5 Å². The average Bonchev–Trinajstić information content (AvgIpc) is 3.60. The Morgan fingerprint density at radius 2 is 1.88 bits per heavy atom. The minimum Gasteiger partial charge on any atom is -0.480 e. The second kappa shape index (κ2) is 13.3. The van der Waals surface area contributed by atoms with Gasteiger partial charge in [-0.05, 0) is 56.4 Å². The van der Waals surface area contributed by atoms with Gasteiger partial charge in [0.1, 0.15) is 18.4 Å². The lowest BCUT2D eigenvalue weighted by atomic mass is 9.88. The quantitative estimate of drug-likeness (QED) is 0.236. The molecule has 2 aliphatic carbocycles. The van der Waals surface area contributed by atoms with Crippen LogP contribution in [0.25, 0.3) is 0 Å². The largest absolute Gasteiger partial charge is 0.480 e. The molecule has 0 bridgehead atoms. The highest BCUT2D eigenvalue weighted by atomic mass is 31.2. The van der Waals surface area contributed by atoms with Crippen LogP contribution >= 0.6 is 7.37 Å². The number of amides is 2. The normalized spacial score (nSPS) is 26.0. The summed E-state index contributed by atoms with van der Waals surface area (Å²) in [5.74, 6) is -3.37. The van der Waals surface area contributed by atoms with E-state index in [-0.39, 0.29) is 25.0 Å². The van der Waals surface area contributed by atoms with Crippen LogP contribution in [0, 0.1) is 11.8 Å². The maximum atomic E-state index is 13.5. The first kappa shape index (κ1) is 29.6. The number of fused-ring (bicyclic) bond motifs is 1. The Morgan fingerprint density at radius 3 is 2.62 bits per heavy atom. The molecule has 0 aromatic heterocycles. The molecule has 1 aromatic rings. The van der Waals surface area contributed by atoms with Gasteiger partial charge in [-0.2, -0.15) is 0 Å². The van der Waals surface area contributed by atoms with Crippen LogP contribution in [0.5, 0.6) is 0 Å². The number of ether oxygens (including phenoxy) is 1. The zero-order chi connectivity index (χ0) is 28.7. The second-order valence-corrected chi connectivity index (χ2v) is 13.4. The topological polar surface area (TPSA) is 154 Å². The number of hydrogen-bond acceptors (Lipinski definition) is 6. The van der Waals surface area contributed by atoms with Crippen LogP contribution in [0.4, 0.5) is 4.79 Å². The molecule has 7 unspecified atom stereocenters. The van der Waals surface area contributed by atoms with E-state index >= 15 is 0 Å². The molecule has 0 spiro atoms. The van der Waals surface area contributed by atoms with Crippen LogP contribution in [0.3, 0.4) is 0 Å². The highest BCUT2D eigenvalue weighted by molar-refractivity contribution is 7.59. The predicted molar refractivity (Wildman–Crippen MR) is 150 cm³/mol. The fourth-order valence-electron chi connectivity index (χ4n) is 5.71. The Labute approximate surface area is 234 Å². The molecule has 0 radical (unpaired) electrons. The van der Waals surface area contributed by atoms with Crippen LogP contribution in [-0.2, 0) is 25.5 Å². The highest BCUT2D eigenvalue weighted by Crippen LogP contribution is 2.57. The first-order valence-electron chi connectivity index (χ1n) is 13.8. The number of allylic oxidation sites excluding steroid dienone is 2. The molecule has 5 N–H and O–H groups in total. The Kier molecular flexibility index (Phi) is 9.87. The summed E-state index contributed by atoms with van der Waals surface area (Å²) in [6, 6.07) is 8.19. The third-order valence-corrected chi connectivity index (χ3v) is 10.8. The van der Waals surface area contributed by atoms with Gasteiger partial charge in [0, 0.05) is 17.5 Å². The highest BCUT2D eigenvalue weighted by Gasteiger charge is 2.47. The number of carboxylic acids is 1. The van der Waals surface area contributed by atoms with Crippen molar-refractivity contribution in [3.8, 4) is 0 Å². The zero-order valence-corrected chi connectivity index (χ0v) is 23.5. The van der Waals surface area contributed by atoms with Crippen molar-refractivity contribution in [3.63, 3.8) is 0 Å². The molecule has 1 heterocycles. The molecule has 216 valence electrons. The molecule has 7 atom stereocenters. The number of rotatable bonds is 12. The van der Waals surface area contributed by atoms with Crippen molar-refractivity contribution in [2.24, 2.45) is 11.8 Å². The molecule has 3 aliphatic rings. The van der Waals surface area contributed by atoms with E-state index in [2.05, 4.69) is 28.1 Å². The van der Waals surface area contributed by atoms with Crippen LogP contribution < -0.4 is 16.0 Å². The summed E-state index contributed by atoms with van der Waals surface area (Å²) >= 11 is 0. The van der Waals surface area contributed by atoms with Crippen molar-refractivity contribution in [1.29, 1.82) is 0 Å². The van der Waals surface area contributed by atoms with Crippen LogP contribution in [0.2, 0.25) is 0 Å². The summed E-state index contributed by atoms with van der Waals surface area (Å²) in [5.41, 5.74) is 1.09. The summed E-state index contributed by atoms with van der Waals surface area (Å²) in [6.07, 6.45) is 12.2. The lowest BCUT2D eigenvalue weighted by Gasteiger charge is -2.29. The Balaban J connectivity index is 1.28. The number of carbonyl (C=O) groups is 3. The van der Waals surface area contributed by atoms with E-state index in [0.717, 1.165) is 5.56 Å². The number of carbonyl (C=O) groups excluding carboxylic acids is 2. The van der Waals surface area contributed by atoms with Gasteiger partial charge in [-0.25, -0.2) is 9.59 Å². The Hall–Kier alpha value is -3.36. The third kappa shape index (κ3) is 7.23. The van der Waals surface area contributed by atoms with Gasteiger partial charge in [-0.15, -0.1) is 0 Å². The zero-order valence-electron chi connectivity index (χ0n) is 22.6. The summed E-state index contributed by atoms with van der Waals surface area (Å²) in [5, 5.41) is 18.1. The summed E-state index contributed by atoms with van der Waals surface area (Å²) in [7, 11) is -4.05. The van der Waals surface area contributed by atoms with Gasteiger partial charge in [-0.1, -0.05) is 61.1 Å². The van der Waals surface area contributed by atoms with Gasteiger partial charge in [0.25, 0.3) is 0 Å². The van der Waals surface area contributed by atoms with E-state index in [4.69, 9.17) is 4.74 Å². The van der Waals surface area contributed by atoms with E-state index < -0.39 is 48.7 Å². The van der Waals surface area contributed by atoms with Crippen molar-refractivity contribution < 1.29 is 33.7 Å². The van der Waals surface area contributed by atoms with Crippen molar-refractivity contribution in [2.75, 3.05) is 0 Å². The molecule has 10 nitrogen and oxygen atoms in total. The fraction of sp³-hybridized carbons (Fsp3) is 0.483. The molecule has 4 rings (SSSR count). The lowest BCUT2D eigenvalue weighted by Crippen LogP contribution is -2.46. The van der Waals surface area contributed by atoms with Crippen LogP contribution in [0.15, 0.2) is 66.4 Å². The molecule has 0 saturated heterocycles. The number of carboxylic acid groups (broad SMARTS) is 1. The van der Waals surface area contributed by atoms with Gasteiger partial charge in [0.15, 0.2) is 0 Å². The number of aliphatic carboxylic acids is 1. The number of benzene rings is 1. The van der Waals surface area contributed by atoms with Gasteiger partial charge in [0.2, 0.25) is 13.3 Å². The maximum absolute atomic E-state index is 13.5. The molecular formula is C29H38N3O7P. The van der Waals surface area contributed by atoms with Crippen molar-refractivity contribution in [1.82, 2.24) is 16.0 Å². The SMILES string of the molecule is CC(NC(=O)OCc1ccccc1)P(=O)(O)C1CCCC1C(=O)NC(CCCC1=CNC2C=CC=CC12)C(=O)O. The van der Waals surface area contributed by atoms with Crippen molar-refractivity contribution in [2.45, 2.75) is 75.6 Å². The maximum Gasteiger partial charge on any atom is 0.408 e. The fourth-order valence-corrected chi connectivity index (χ4v) is 7.93. The van der Waals surface area contributed by atoms with E-state index in [1.807, 2.05) is 36.6 Å². The minimum absolute atomic E-state index is 0.0168. The first-order chi connectivity index (χ1) is 19.2. The summed E-state index contributed by atoms with van der Waals surface area (Å²) in [6.45, 7) is 1.44. The average molecular weight is 572 g/mol. The standard InChI is InChI=1S/C29H38N3O7P/c1-19(31-29(36)39-18-20-9-3-2-4-10-20)40(37,38)26-16-8-13-23(26)27(33)32-25(28(34)35)15-7-11-21-17-30-24-14-6-5-12-22(21)24/h2-6,9-10,12,14,17,19,22-26,30H,7-8,11,13,15-16,18H2,1H3,(H,31,36)(H,32,33)(H,34,35)(H,37,38). The molecule has 40 heavy (non-hydrogen) atoms. The molecule has 1 fully saturated rings. The van der Waals surface area contributed by atoms with Gasteiger partial charge >= 0.3 is 12.1 Å². The predicted octanol–water partition coefficient (Wildman–Crippen LogP) is 4.04. The van der Waals surface area contributed by atoms with Crippen LogP contribution in [0.1, 0.15) is 51.0 Å². The molecule has 2 amide bonds. The number of hydrogen-bond donors (Lipinski definition) is 5. The molecule has 1 aliphatic heterocycles. The van der Waals surface area contributed by atoms with E-state index in [1.165, 1.54) is 12.5 Å². The van der Waals surface area contributed by atoms with Gasteiger partial charge in [-0.3, -0.25) is 9.36 Å². The number of nitrogens with one attached hydrogen (secondary N) is 3. The number of alkyl carbamates (subject to hydrolysis) is 1. The molecule has 1 aromatic carbocycles. The minimum atomic E-state index is -4.05. The van der Waals surface area contributed by atoms with E-state index in [0.29, 0.717) is 32.1 Å². The second-order valence-electron chi connectivity index (χ2n) is 10.7. The summed E-state index contributed by atoms with van der Waals surface area (Å²) < 4.78 is 18.6. The van der Waals surface area contributed by atoms with Crippen molar-refractivity contribution >= 4 is 25.3 Å². The molecule has 11 heteroatoms. The first-order valence-corrected chi connectivity index (χ1v) is 15.6.